The van der Waals surface area contributed by atoms with E-state index in [4.69, 9.17) is 4.74 Å². The van der Waals surface area contributed by atoms with E-state index in [-0.39, 0.29) is 6.61 Å². The molecule has 0 spiro atoms. The van der Waals surface area contributed by atoms with Gasteiger partial charge in [0.1, 0.15) is 17.1 Å². The number of aryl methyl sites for hydroxylation is 1. The van der Waals surface area contributed by atoms with E-state index in [0.29, 0.717) is 17.1 Å². The average molecular weight is 319 g/mol. The van der Waals surface area contributed by atoms with Crippen molar-refractivity contribution in [3.05, 3.63) is 64.3 Å². The zero-order valence-corrected chi connectivity index (χ0v) is 13.9. The fourth-order valence-corrected chi connectivity index (χ4v) is 3.58. The molecule has 22 heavy (non-hydrogen) atoms. The number of rotatable bonds is 5. The van der Waals surface area contributed by atoms with Gasteiger partial charge in [-0.1, -0.05) is 24.3 Å². The van der Waals surface area contributed by atoms with Crippen LogP contribution in [0.1, 0.15) is 12.0 Å². The third kappa shape index (κ3) is 3.55. The molecule has 0 fully saturated rings. The maximum absolute atomic E-state index is 13.0. The SMILES string of the molecule is COC1=CC([S+]([O-])N(C)c2ccccc2C)=C(CO)CC=C1. The van der Waals surface area contributed by atoms with Gasteiger partial charge in [-0.2, -0.15) is 4.31 Å². The van der Waals surface area contributed by atoms with Crippen molar-refractivity contribution >= 4 is 17.0 Å². The second kappa shape index (κ2) is 7.54. The molecular weight excluding hydrogens is 298 g/mol. The van der Waals surface area contributed by atoms with Gasteiger partial charge in [0.2, 0.25) is 0 Å². The van der Waals surface area contributed by atoms with Crippen LogP contribution in [0.5, 0.6) is 0 Å². The Labute approximate surface area is 134 Å². The van der Waals surface area contributed by atoms with Crippen LogP contribution in [0.3, 0.4) is 0 Å². The van der Waals surface area contributed by atoms with E-state index in [1.807, 2.05) is 43.3 Å². The molecule has 0 heterocycles. The Morgan fingerprint density at radius 2 is 2.09 bits per heavy atom. The van der Waals surface area contributed by atoms with Crippen molar-refractivity contribution in [1.82, 2.24) is 0 Å². The fourth-order valence-electron chi connectivity index (χ4n) is 2.29. The molecule has 1 aliphatic rings. The molecule has 118 valence electrons. The molecule has 0 bridgehead atoms. The van der Waals surface area contributed by atoms with Gasteiger partial charge in [-0.15, -0.1) is 0 Å². The molecule has 1 N–H and O–H groups in total. The molecule has 4 nitrogen and oxygen atoms in total. The molecule has 1 aromatic rings. The highest BCUT2D eigenvalue weighted by atomic mass is 32.2. The minimum absolute atomic E-state index is 0.124. The van der Waals surface area contributed by atoms with Crippen molar-refractivity contribution in [2.24, 2.45) is 0 Å². The second-order valence-corrected chi connectivity index (χ2v) is 6.50. The third-order valence-electron chi connectivity index (χ3n) is 3.59. The van der Waals surface area contributed by atoms with Crippen LogP contribution in [0.25, 0.3) is 0 Å². The van der Waals surface area contributed by atoms with E-state index in [9.17, 15) is 9.66 Å². The van der Waals surface area contributed by atoms with Gasteiger partial charge in [-0.05, 0) is 31.1 Å². The first kappa shape index (κ1) is 16.7. The van der Waals surface area contributed by atoms with Crippen LogP contribution in [0.4, 0.5) is 5.69 Å². The molecule has 5 heteroatoms. The summed E-state index contributed by atoms with van der Waals surface area (Å²) in [5.74, 6) is 0.630. The molecule has 0 saturated heterocycles. The summed E-state index contributed by atoms with van der Waals surface area (Å²) in [5, 5.41) is 9.59. The minimum atomic E-state index is -1.42. The maximum atomic E-state index is 13.0. The molecule has 2 rings (SSSR count). The van der Waals surface area contributed by atoms with Gasteiger partial charge in [0.15, 0.2) is 4.91 Å². The monoisotopic (exact) mass is 319 g/mol. The van der Waals surface area contributed by atoms with Crippen molar-refractivity contribution in [3.63, 3.8) is 0 Å². The number of para-hydroxylation sites is 1. The standard InChI is InChI=1S/C17H21NO3S/c1-13-7-4-5-10-16(13)18(2)22(20)17-11-15(21-3)9-6-8-14(17)12-19/h4-7,9-11,19H,8,12H2,1-3H3. The summed E-state index contributed by atoms with van der Waals surface area (Å²) in [7, 11) is 3.37. The number of benzene rings is 1. The quantitative estimate of drug-likeness (QED) is 0.848. The van der Waals surface area contributed by atoms with E-state index in [1.54, 1.807) is 24.5 Å². The van der Waals surface area contributed by atoms with E-state index in [1.165, 1.54) is 0 Å². The number of allylic oxidation sites excluding steroid dienone is 3. The minimum Gasteiger partial charge on any atom is -0.588 e. The lowest BCUT2D eigenvalue weighted by Crippen LogP contribution is -2.29. The van der Waals surface area contributed by atoms with Gasteiger partial charge in [0.25, 0.3) is 0 Å². The molecule has 0 radical (unpaired) electrons. The van der Waals surface area contributed by atoms with Crippen LogP contribution >= 0.6 is 0 Å². The number of aliphatic hydroxyl groups excluding tert-OH is 1. The van der Waals surface area contributed by atoms with Crippen molar-refractivity contribution < 1.29 is 14.4 Å². The van der Waals surface area contributed by atoms with Crippen molar-refractivity contribution in [2.75, 3.05) is 25.1 Å². The maximum Gasteiger partial charge on any atom is 0.185 e. The summed E-state index contributed by atoms with van der Waals surface area (Å²) in [6.07, 6.45) is 6.02. The van der Waals surface area contributed by atoms with E-state index in [2.05, 4.69) is 0 Å². The number of ether oxygens (including phenoxy) is 1. The van der Waals surface area contributed by atoms with Crippen molar-refractivity contribution in [3.8, 4) is 0 Å². The molecule has 1 unspecified atom stereocenters. The Hall–Kier alpha value is -1.69. The molecule has 0 aromatic heterocycles. The molecule has 1 atom stereocenters. The van der Waals surface area contributed by atoms with E-state index >= 15 is 0 Å². The van der Waals surface area contributed by atoms with E-state index < -0.39 is 11.4 Å². The van der Waals surface area contributed by atoms with E-state index in [0.717, 1.165) is 16.8 Å². The zero-order valence-electron chi connectivity index (χ0n) is 13.1. The Morgan fingerprint density at radius 1 is 1.36 bits per heavy atom. The Kier molecular flexibility index (Phi) is 5.71. The summed E-state index contributed by atoms with van der Waals surface area (Å²) in [6.45, 7) is 1.86. The van der Waals surface area contributed by atoms with Crippen LogP contribution < -0.4 is 4.31 Å². The topological polar surface area (TPSA) is 55.8 Å². The normalized spacial score (nSPS) is 16.1. The highest BCUT2D eigenvalue weighted by Gasteiger charge is 2.26. The number of aliphatic hydroxyl groups is 1. The van der Waals surface area contributed by atoms with Crippen LogP contribution in [0.15, 0.2) is 58.7 Å². The van der Waals surface area contributed by atoms with Crippen LogP contribution in [0, 0.1) is 6.92 Å². The smallest absolute Gasteiger partial charge is 0.185 e. The highest BCUT2D eigenvalue weighted by molar-refractivity contribution is 7.96. The van der Waals surface area contributed by atoms with Crippen LogP contribution in [-0.4, -0.2) is 30.4 Å². The Bertz CT molecular complexity index is 622. The Morgan fingerprint density at radius 3 is 2.73 bits per heavy atom. The molecular formula is C17H21NO3S. The predicted molar refractivity (Wildman–Crippen MR) is 90.7 cm³/mol. The Balaban J connectivity index is 2.39. The number of anilines is 1. The third-order valence-corrected chi connectivity index (χ3v) is 5.06. The molecule has 1 aromatic carbocycles. The lowest BCUT2D eigenvalue weighted by Gasteiger charge is -2.24. The summed E-state index contributed by atoms with van der Waals surface area (Å²) in [5.41, 5.74) is 2.68. The van der Waals surface area contributed by atoms with Gasteiger partial charge in [0, 0.05) is 11.6 Å². The lowest BCUT2D eigenvalue weighted by atomic mass is 10.2. The first-order valence-electron chi connectivity index (χ1n) is 7.04. The fraction of sp³-hybridized carbons (Fsp3) is 0.294. The van der Waals surface area contributed by atoms with Gasteiger partial charge >= 0.3 is 0 Å². The van der Waals surface area contributed by atoms with Gasteiger partial charge in [-0.3, -0.25) is 0 Å². The van der Waals surface area contributed by atoms with Crippen molar-refractivity contribution in [2.45, 2.75) is 13.3 Å². The lowest BCUT2D eigenvalue weighted by molar-refractivity contribution is 0.307. The number of hydrogen-bond donors (Lipinski definition) is 1. The van der Waals surface area contributed by atoms with Gasteiger partial charge in [0.05, 0.1) is 26.5 Å². The molecule has 0 aliphatic heterocycles. The first-order valence-corrected chi connectivity index (χ1v) is 8.15. The number of hydrogen-bond acceptors (Lipinski definition) is 4. The second-order valence-electron chi connectivity index (χ2n) is 5.02. The van der Waals surface area contributed by atoms with Gasteiger partial charge in [-0.25, -0.2) is 0 Å². The molecule has 0 amide bonds. The molecule has 1 aliphatic carbocycles. The largest absolute Gasteiger partial charge is 0.588 e. The number of methoxy groups -OCH3 is 1. The summed E-state index contributed by atoms with van der Waals surface area (Å²) < 4.78 is 20.0. The average Bonchev–Trinajstić information content (AvgIpc) is 2.75. The molecule has 0 saturated carbocycles. The number of nitrogens with zero attached hydrogens (tertiary/aromatic N) is 1. The predicted octanol–water partition coefficient (Wildman–Crippen LogP) is 2.83. The zero-order chi connectivity index (χ0) is 16.1. The van der Waals surface area contributed by atoms with Gasteiger partial charge < -0.3 is 14.4 Å². The summed E-state index contributed by atoms with van der Waals surface area (Å²) in [4.78, 5) is 0.593. The van der Waals surface area contributed by atoms with Crippen LogP contribution in [-0.2, 0) is 16.1 Å². The summed E-state index contributed by atoms with van der Waals surface area (Å²) >= 11 is -1.42. The first-order chi connectivity index (χ1) is 10.6. The highest BCUT2D eigenvalue weighted by Crippen LogP contribution is 2.29. The van der Waals surface area contributed by atoms with Crippen molar-refractivity contribution in [1.29, 1.82) is 0 Å². The summed E-state index contributed by atoms with van der Waals surface area (Å²) in [6, 6.07) is 7.78. The van der Waals surface area contributed by atoms with Crippen LogP contribution in [0.2, 0.25) is 0 Å².